The molecule has 2 atom stereocenters. The minimum absolute atomic E-state index is 0.239. The summed E-state index contributed by atoms with van der Waals surface area (Å²) in [6.45, 7) is 0. The fourth-order valence-electron chi connectivity index (χ4n) is 1.91. The third-order valence-corrected chi connectivity index (χ3v) is 5.58. The van der Waals surface area contributed by atoms with Crippen LogP contribution in [-0.2, 0) is 10.8 Å². The van der Waals surface area contributed by atoms with Crippen LogP contribution in [0.25, 0.3) is 0 Å². The molecule has 0 saturated carbocycles. The van der Waals surface area contributed by atoms with Gasteiger partial charge in [0.15, 0.2) is 0 Å². The first-order chi connectivity index (χ1) is 9.66. The Labute approximate surface area is 132 Å². The van der Waals surface area contributed by atoms with Crippen molar-refractivity contribution in [3.63, 3.8) is 0 Å². The molecule has 20 heavy (non-hydrogen) atoms. The molecule has 0 radical (unpaired) electrons. The molecule has 0 aromatic heterocycles. The van der Waals surface area contributed by atoms with Gasteiger partial charge in [-0.25, -0.2) is 0 Å². The molecule has 0 N–H and O–H groups in total. The van der Waals surface area contributed by atoms with Gasteiger partial charge in [0.2, 0.25) is 0 Å². The Morgan fingerprint density at radius 1 is 0.750 bits per heavy atom. The number of halogens is 2. The first-order valence-corrected chi connectivity index (χ1v) is 8.76. The lowest BCUT2D eigenvalue weighted by atomic mass is 10.2. The van der Waals surface area contributed by atoms with E-state index in [4.69, 9.17) is 23.2 Å². The first-order valence-electron chi connectivity index (χ1n) is 6.40. The monoisotopic (exact) mass is 326 g/mol. The number of hydrogen-bond donors (Lipinski definition) is 0. The van der Waals surface area contributed by atoms with Crippen LogP contribution < -0.4 is 0 Å². The maximum Gasteiger partial charge on any atom is 0.0700 e. The van der Waals surface area contributed by atoms with E-state index in [1.165, 1.54) is 0 Å². The average molecular weight is 327 g/mol. The van der Waals surface area contributed by atoms with E-state index >= 15 is 0 Å². The molecule has 0 heterocycles. The van der Waals surface area contributed by atoms with E-state index in [0.29, 0.717) is 11.5 Å². The molecule has 4 heteroatoms. The van der Waals surface area contributed by atoms with Gasteiger partial charge in [-0.1, -0.05) is 60.7 Å². The van der Waals surface area contributed by atoms with E-state index in [1.807, 2.05) is 60.7 Å². The van der Waals surface area contributed by atoms with E-state index in [9.17, 15) is 4.21 Å². The topological polar surface area (TPSA) is 17.1 Å². The SMILES string of the molecule is O=S(CC(Cl)c1ccccc1)CC(Cl)c1ccccc1. The predicted octanol–water partition coefficient (Wildman–Crippen LogP) is 4.70. The third-order valence-electron chi connectivity index (χ3n) is 2.99. The number of rotatable bonds is 6. The molecule has 0 saturated heterocycles. The van der Waals surface area contributed by atoms with Gasteiger partial charge in [-0.15, -0.1) is 23.2 Å². The molecule has 2 rings (SSSR count). The predicted molar refractivity (Wildman–Crippen MR) is 87.9 cm³/mol. The quantitative estimate of drug-likeness (QED) is 0.703. The second-order valence-corrected chi connectivity index (χ2v) is 7.13. The van der Waals surface area contributed by atoms with Crippen molar-refractivity contribution in [1.29, 1.82) is 0 Å². The van der Waals surface area contributed by atoms with E-state index in [0.717, 1.165) is 11.1 Å². The van der Waals surface area contributed by atoms with Gasteiger partial charge in [-0.2, -0.15) is 0 Å². The van der Waals surface area contributed by atoms with Crippen LogP contribution in [-0.4, -0.2) is 15.7 Å². The minimum Gasteiger partial charge on any atom is -0.259 e. The Hall–Kier alpha value is -0.830. The van der Waals surface area contributed by atoms with Crippen LogP contribution in [0.5, 0.6) is 0 Å². The molecule has 0 amide bonds. The Morgan fingerprint density at radius 2 is 1.10 bits per heavy atom. The van der Waals surface area contributed by atoms with Gasteiger partial charge in [0.25, 0.3) is 0 Å². The van der Waals surface area contributed by atoms with Gasteiger partial charge < -0.3 is 0 Å². The Bertz CT molecular complexity index is 495. The lowest BCUT2D eigenvalue weighted by Gasteiger charge is -2.12. The smallest absolute Gasteiger partial charge is 0.0700 e. The van der Waals surface area contributed by atoms with Crippen molar-refractivity contribution < 1.29 is 4.21 Å². The summed E-state index contributed by atoms with van der Waals surface area (Å²) in [6.07, 6.45) is 0. The molecule has 0 aliphatic heterocycles. The van der Waals surface area contributed by atoms with Crippen molar-refractivity contribution in [3.05, 3.63) is 71.8 Å². The molecule has 2 aromatic carbocycles. The summed E-state index contributed by atoms with van der Waals surface area (Å²) in [5, 5.41) is -0.478. The highest BCUT2D eigenvalue weighted by Crippen LogP contribution is 2.25. The van der Waals surface area contributed by atoms with Gasteiger partial charge in [0.05, 0.1) is 10.8 Å². The lowest BCUT2D eigenvalue weighted by Crippen LogP contribution is -2.11. The number of benzene rings is 2. The van der Waals surface area contributed by atoms with Gasteiger partial charge in [0.1, 0.15) is 0 Å². The summed E-state index contributed by atoms with van der Waals surface area (Å²) >= 11 is 12.6. The second kappa shape index (κ2) is 7.82. The van der Waals surface area contributed by atoms with Crippen LogP contribution in [0.1, 0.15) is 21.9 Å². The highest BCUT2D eigenvalue weighted by Gasteiger charge is 2.16. The highest BCUT2D eigenvalue weighted by atomic mass is 35.5. The van der Waals surface area contributed by atoms with Gasteiger partial charge >= 0.3 is 0 Å². The number of hydrogen-bond acceptors (Lipinski definition) is 1. The first kappa shape index (κ1) is 15.6. The average Bonchev–Trinajstić information content (AvgIpc) is 2.49. The normalized spacial score (nSPS) is 15.5. The maximum absolute atomic E-state index is 12.2. The van der Waals surface area contributed by atoms with Gasteiger partial charge in [-0.3, -0.25) is 4.21 Å². The van der Waals surface area contributed by atoms with Gasteiger partial charge in [0, 0.05) is 22.3 Å². The fourth-order valence-corrected chi connectivity index (χ4v) is 4.22. The summed E-state index contributed by atoms with van der Waals surface area (Å²) in [6, 6.07) is 19.4. The molecule has 0 fully saturated rings. The lowest BCUT2D eigenvalue weighted by molar-refractivity contribution is 0.680. The van der Waals surface area contributed by atoms with Crippen LogP contribution >= 0.6 is 23.2 Å². The molecule has 0 aliphatic carbocycles. The number of alkyl halides is 2. The van der Waals surface area contributed by atoms with Crippen LogP contribution in [0.15, 0.2) is 60.7 Å². The molecule has 0 bridgehead atoms. The molecular weight excluding hydrogens is 311 g/mol. The summed E-state index contributed by atoms with van der Waals surface area (Å²) in [4.78, 5) is 0. The van der Waals surface area contributed by atoms with Crippen LogP contribution in [0.3, 0.4) is 0 Å². The van der Waals surface area contributed by atoms with Gasteiger partial charge in [-0.05, 0) is 11.1 Å². The van der Waals surface area contributed by atoms with Crippen molar-refractivity contribution in [1.82, 2.24) is 0 Å². The molecule has 2 unspecified atom stereocenters. The standard InChI is InChI=1S/C16H16Cl2OS/c17-15(13-7-3-1-4-8-13)11-20(19)12-16(18)14-9-5-2-6-10-14/h1-10,15-16H,11-12H2. The van der Waals surface area contributed by atoms with E-state index in [2.05, 4.69) is 0 Å². The summed E-state index contributed by atoms with van der Waals surface area (Å²) in [5.74, 6) is 0.837. The second-order valence-electron chi connectivity index (χ2n) is 4.53. The Morgan fingerprint density at radius 3 is 1.45 bits per heavy atom. The molecular formula is C16H16Cl2OS. The van der Waals surface area contributed by atoms with Crippen molar-refractivity contribution >= 4 is 34.0 Å². The zero-order valence-electron chi connectivity index (χ0n) is 10.9. The van der Waals surface area contributed by atoms with Crippen LogP contribution in [0.4, 0.5) is 0 Å². The molecule has 0 spiro atoms. The molecule has 106 valence electrons. The Kier molecular flexibility index (Phi) is 6.08. The van der Waals surface area contributed by atoms with Crippen LogP contribution in [0.2, 0.25) is 0 Å². The van der Waals surface area contributed by atoms with E-state index < -0.39 is 10.8 Å². The highest BCUT2D eigenvalue weighted by molar-refractivity contribution is 7.85. The minimum atomic E-state index is -1.05. The van der Waals surface area contributed by atoms with Crippen molar-refractivity contribution in [2.24, 2.45) is 0 Å². The largest absolute Gasteiger partial charge is 0.259 e. The zero-order valence-corrected chi connectivity index (χ0v) is 13.2. The van der Waals surface area contributed by atoms with Crippen LogP contribution in [0, 0.1) is 0 Å². The summed E-state index contributed by atoms with van der Waals surface area (Å²) in [7, 11) is -1.05. The molecule has 1 nitrogen and oxygen atoms in total. The summed E-state index contributed by atoms with van der Waals surface area (Å²) < 4.78 is 12.2. The van der Waals surface area contributed by atoms with Crippen molar-refractivity contribution in [3.8, 4) is 0 Å². The maximum atomic E-state index is 12.2. The van der Waals surface area contributed by atoms with Crippen molar-refractivity contribution in [2.45, 2.75) is 10.8 Å². The van der Waals surface area contributed by atoms with Crippen molar-refractivity contribution in [2.75, 3.05) is 11.5 Å². The zero-order chi connectivity index (χ0) is 14.4. The molecule has 0 aliphatic rings. The van der Waals surface area contributed by atoms with E-state index in [1.54, 1.807) is 0 Å². The molecule has 2 aromatic rings. The third kappa shape index (κ3) is 4.62. The Balaban J connectivity index is 1.90. The van der Waals surface area contributed by atoms with E-state index in [-0.39, 0.29) is 10.8 Å². The summed E-state index contributed by atoms with van der Waals surface area (Å²) in [5.41, 5.74) is 1.99. The fraction of sp³-hybridized carbons (Fsp3) is 0.250.